The second-order valence-corrected chi connectivity index (χ2v) is 11.4. The van der Waals surface area contributed by atoms with Gasteiger partial charge in [-0.2, -0.15) is 13.2 Å². The molecule has 3 aromatic rings. The normalized spacial score (nSPS) is 22.3. The number of piperazine rings is 1. The van der Waals surface area contributed by atoms with Gasteiger partial charge < -0.3 is 34.1 Å². The summed E-state index contributed by atoms with van der Waals surface area (Å²) in [4.78, 5) is 37.2. The molecule has 2 amide bonds. The molecule has 0 bridgehead atoms. The van der Waals surface area contributed by atoms with Crippen molar-refractivity contribution in [2.24, 2.45) is 0 Å². The molecule has 2 fully saturated rings. The van der Waals surface area contributed by atoms with Gasteiger partial charge in [0.15, 0.2) is 5.69 Å². The number of rotatable bonds is 9. The second kappa shape index (κ2) is 13.4. The SMILES string of the molecule is COC[C@]1(O)CCCC[C@H]1n1cnc(C(=O)N2CCN(C(=O)O)C[C@H]2CCOc2ccc(C(F)(F)F)cn2)c1-c1ccccc1. The molecule has 2 aromatic heterocycles. The van der Waals surface area contributed by atoms with Crippen LogP contribution >= 0.6 is 0 Å². The first-order chi connectivity index (χ1) is 21.5. The molecule has 11 nitrogen and oxygen atoms in total. The number of hydrogen-bond acceptors (Lipinski definition) is 7. The van der Waals surface area contributed by atoms with Crippen LogP contribution in [0.15, 0.2) is 55.0 Å². The van der Waals surface area contributed by atoms with Crippen molar-refractivity contribution < 1.29 is 42.4 Å². The topological polar surface area (TPSA) is 130 Å². The highest BCUT2D eigenvalue weighted by molar-refractivity contribution is 5.98. The molecule has 2 N–H and O–H groups in total. The minimum atomic E-state index is -4.53. The number of alkyl halides is 3. The maximum absolute atomic E-state index is 14.3. The molecule has 1 saturated carbocycles. The predicted octanol–water partition coefficient (Wildman–Crippen LogP) is 4.73. The predicted molar refractivity (Wildman–Crippen MR) is 156 cm³/mol. The molecule has 1 saturated heterocycles. The van der Waals surface area contributed by atoms with Gasteiger partial charge in [-0.25, -0.2) is 14.8 Å². The summed E-state index contributed by atoms with van der Waals surface area (Å²) in [5.74, 6) is -0.422. The first kappa shape index (κ1) is 32.2. The van der Waals surface area contributed by atoms with Crippen LogP contribution in [-0.4, -0.2) is 98.1 Å². The highest BCUT2D eigenvalue weighted by Crippen LogP contribution is 2.41. The molecular formula is C31H36F3N5O6. The van der Waals surface area contributed by atoms with Gasteiger partial charge in [0.1, 0.15) is 5.60 Å². The molecule has 1 aromatic carbocycles. The third-order valence-corrected chi connectivity index (χ3v) is 8.51. The van der Waals surface area contributed by atoms with Gasteiger partial charge >= 0.3 is 12.3 Å². The van der Waals surface area contributed by atoms with Crippen LogP contribution in [0.5, 0.6) is 5.88 Å². The fourth-order valence-electron chi connectivity index (χ4n) is 6.27. The zero-order chi connectivity index (χ0) is 32.2. The Morgan fingerprint density at radius 1 is 1.09 bits per heavy atom. The maximum Gasteiger partial charge on any atom is 0.417 e. The summed E-state index contributed by atoms with van der Waals surface area (Å²) in [5, 5.41) is 21.3. The fraction of sp³-hybridized carbons (Fsp3) is 0.484. The third kappa shape index (κ3) is 7.06. The van der Waals surface area contributed by atoms with Crippen LogP contribution in [0.3, 0.4) is 0 Å². The van der Waals surface area contributed by atoms with Crippen molar-refractivity contribution in [3.8, 4) is 17.1 Å². The van der Waals surface area contributed by atoms with Crippen molar-refractivity contribution in [1.82, 2.24) is 24.3 Å². The van der Waals surface area contributed by atoms with E-state index in [0.717, 1.165) is 30.5 Å². The fourth-order valence-corrected chi connectivity index (χ4v) is 6.27. The van der Waals surface area contributed by atoms with E-state index in [1.54, 1.807) is 18.3 Å². The lowest BCUT2D eigenvalue weighted by Crippen LogP contribution is -2.56. The number of carbonyl (C=O) groups is 2. The largest absolute Gasteiger partial charge is 0.478 e. The van der Waals surface area contributed by atoms with Crippen molar-refractivity contribution in [3.05, 3.63) is 66.2 Å². The number of benzene rings is 1. The number of aliphatic hydroxyl groups is 1. The Balaban J connectivity index is 1.42. The summed E-state index contributed by atoms with van der Waals surface area (Å²) in [6, 6.07) is 10.3. The summed E-state index contributed by atoms with van der Waals surface area (Å²) in [6.07, 6.45) is -0.270. The van der Waals surface area contributed by atoms with E-state index < -0.39 is 35.4 Å². The lowest BCUT2D eigenvalue weighted by Gasteiger charge is -2.41. The van der Waals surface area contributed by atoms with E-state index in [-0.39, 0.29) is 56.9 Å². The minimum Gasteiger partial charge on any atom is -0.478 e. The molecule has 5 rings (SSSR count). The number of hydrogen-bond donors (Lipinski definition) is 2. The van der Waals surface area contributed by atoms with E-state index in [1.807, 2.05) is 34.9 Å². The van der Waals surface area contributed by atoms with Crippen LogP contribution in [0.25, 0.3) is 11.3 Å². The Kier molecular flexibility index (Phi) is 9.63. The molecule has 3 atom stereocenters. The quantitative estimate of drug-likeness (QED) is 0.347. The lowest BCUT2D eigenvalue weighted by atomic mass is 9.80. The van der Waals surface area contributed by atoms with Crippen LogP contribution in [0, 0.1) is 0 Å². The van der Waals surface area contributed by atoms with Gasteiger partial charge in [0, 0.05) is 51.0 Å². The molecular weight excluding hydrogens is 595 g/mol. The molecule has 1 aliphatic carbocycles. The minimum absolute atomic E-state index is 0.0163. The number of imidazole rings is 1. The summed E-state index contributed by atoms with van der Waals surface area (Å²) < 4.78 is 51.5. The zero-order valence-electron chi connectivity index (χ0n) is 24.8. The molecule has 0 spiro atoms. The van der Waals surface area contributed by atoms with Crippen LogP contribution in [-0.2, 0) is 10.9 Å². The number of ether oxygens (including phenoxy) is 2. The first-order valence-corrected chi connectivity index (χ1v) is 14.8. The highest BCUT2D eigenvalue weighted by Gasteiger charge is 2.43. The van der Waals surface area contributed by atoms with Crippen molar-refractivity contribution in [3.63, 3.8) is 0 Å². The molecule has 2 aliphatic rings. The maximum atomic E-state index is 14.3. The van der Waals surface area contributed by atoms with Gasteiger partial charge in [-0.1, -0.05) is 43.2 Å². The molecule has 3 heterocycles. The molecule has 1 aliphatic heterocycles. The Labute approximate surface area is 258 Å². The third-order valence-electron chi connectivity index (χ3n) is 8.51. The Morgan fingerprint density at radius 2 is 1.87 bits per heavy atom. The summed E-state index contributed by atoms with van der Waals surface area (Å²) in [7, 11) is 1.54. The van der Waals surface area contributed by atoms with E-state index >= 15 is 0 Å². The van der Waals surface area contributed by atoms with Gasteiger partial charge in [-0.3, -0.25) is 4.79 Å². The van der Waals surface area contributed by atoms with E-state index in [0.29, 0.717) is 24.7 Å². The Bertz CT molecular complexity index is 1460. The van der Waals surface area contributed by atoms with Gasteiger partial charge in [0.2, 0.25) is 5.88 Å². The number of methoxy groups -OCH3 is 1. The van der Waals surface area contributed by atoms with Crippen molar-refractivity contribution in [2.75, 3.05) is 40.0 Å². The zero-order valence-corrected chi connectivity index (χ0v) is 24.8. The van der Waals surface area contributed by atoms with Gasteiger partial charge in [-0.15, -0.1) is 0 Å². The molecule has 0 unspecified atom stereocenters. The number of nitrogens with zero attached hydrogens (tertiary/aromatic N) is 5. The average Bonchev–Trinajstić information content (AvgIpc) is 3.46. The monoisotopic (exact) mass is 631 g/mol. The number of aromatic nitrogens is 3. The number of amides is 2. The highest BCUT2D eigenvalue weighted by atomic mass is 19.4. The lowest BCUT2D eigenvalue weighted by molar-refractivity contribution is -0.137. The number of carbonyl (C=O) groups excluding carboxylic acids is 1. The molecule has 0 radical (unpaired) electrons. The van der Waals surface area contributed by atoms with E-state index in [1.165, 1.54) is 4.90 Å². The summed E-state index contributed by atoms with van der Waals surface area (Å²) in [6.45, 7) is 0.318. The number of halogens is 3. The van der Waals surface area contributed by atoms with Crippen molar-refractivity contribution in [2.45, 2.75) is 56.0 Å². The first-order valence-electron chi connectivity index (χ1n) is 14.8. The standard InChI is InChI=1S/C31H36F3N5O6/c1-44-19-30(43)13-6-5-9-24(30)39-20-36-26(27(39)21-7-3-2-4-8-21)28(40)38-15-14-37(29(41)42)18-23(38)12-16-45-25-11-10-22(17-35-25)31(32,33)34/h2-4,7-8,10-11,17,20,23-24,43H,5-6,9,12-16,18-19H2,1H3,(H,41,42)/t23-,24-,30-/m1/s1. The molecule has 14 heteroatoms. The van der Waals surface area contributed by atoms with Crippen molar-refractivity contribution in [1.29, 1.82) is 0 Å². The summed E-state index contributed by atoms with van der Waals surface area (Å²) in [5.41, 5.74) is -0.603. The van der Waals surface area contributed by atoms with Gasteiger partial charge in [-0.05, 0) is 18.9 Å². The van der Waals surface area contributed by atoms with Crippen molar-refractivity contribution >= 4 is 12.0 Å². The van der Waals surface area contributed by atoms with Crippen LogP contribution in [0.1, 0.15) is 54.2 Å². The van der Waals surface area contributed by atoms with E-state index in [4.69, 9.17) is 9.47 Å². The number of pyridine rings is 1. The molecule has 45 heavy (non-hydrogen) atoms. The summed E-state index contributed by atoms with van der Waals surface area (Å²) >= 11 is 0. The van der Waals surface area contributed by atoms with E-state index in [2.05, 4.69) is 9.97 Å². The second-order valence-electron chi connectivity index (χ2n) is 11.4. The molecule has 242 valence electrons. The average molecular weight is 632 g/mol. The van der Waals surface area contributed by atoms with Crippen LogP contribution in [0.2, 0.25) is 0 Å². The smallest absolute Gasteiger partial charge is 0.417 e. The van der Waals surface area contributed by atoms with Crippen LogP contribution in [0.4, 0.5) is 18.0 Å². The van der Waals surface area contributed by atoms with Gasteiger partial charge in [0.25, 0.3) is 5.91 Å². The Morgan fingerprint density at radius 3 is 2.53 bits per heavy atom. The van der Waals surface area contributed by atoms with Crippen LogP contribution < -0.4 is 4.74 Å². The van der Waals surface area contributed by atoms with E-state index in [9.17, 15) is 33.0 Å². The Hall–Kier alpha value is -4.17. The number of carboxylic acid groups (broad SMARTS) is 1. The van der Waals surface area contributed by atoms with Gasteiger partial charge in [0.05, 0.1) is 42.9 Å².